The Balaban J connectivity index is 2.55. The summed E-state index contributed by atoms with van der Waals surface area (Å²) < 4.78 is 0. The van der Waals surface area contributed by atoms with Crippen LogP contribution in [0.3, 0.4) is 0 Å². The van der Waals surface area contributed by atoms with Crippen LogP contribution in [0, 0.1) is 18.3 Å². The maximum absolute atomic E-state index is 12.0. The molecule has 0 aliphatic carbocycles. The van der Waals surface area contributed by atoms with E-state index in [1.54, 1.807) is 0 Å². The molecule has 1 heterocycles. The second-order valence-electron chi connectivity index (χ2n) is 5.74. The predicted molar refractivity (Wildman–Crippen MR) is 78.7 cm³/mol. The molecule has 1 aliphatic rings. The van der Waals surface area contributed by atoms with Crippen LogP contribution in [0.15, 0.2) is 0 Å². The van der Waals surface area contributed by atoms with Crippen LogP contribution in [-0.4, -0.2) is 49.1 Å². The van der Waals surface area contributed by atoms with E-state index in [0.717, 1.165) is 19.6 Å². The van der Waals surface area contributed by atoms with Crippen molar-refractivity contribution < 1.29 is 4.79 Å². The standard InChI is InChI=1S/C15H27N3O/c1-5-8-17-15(19)13(4)18(10-12(2)3)11-14-7-6-9-16-14/h1,12-14,16H,6-11H2,2-4H3,(H,17,19). The van der Waals surface area contributed by atoms with E-state index in [9.17, 15) is 4.79 Å². The molecule has 0 spiro atoms. The van der Waals surface area contributed by atoms with E-state index in [1.165, 1.54) is 12.8 Å². The molecule has 1 aliphatic heterocycles. The first-order chi connectivity index (χ1) is 9.04. The highest BCUT2D eigenvalue weighted by atomic mass is 16.2. The summed E-state index contributed by atoms with van der Waals surface area (Å²) in [5.74, 6) is 3.01. The second-order valence-corrected chi connectivity index (χ2v) is 5.74. The summed E-state index contributed by atoms with van der Waals surface area (Å²) in [5, 5.41) is 6.27. The molecule has 4 heteroatoms. The van der Waals surface area contributed by atoms with Crippen LogP contribution in [0.2, 0.25) is 0 Å². The molecular weight excluding hydrogens is 238 g/mol. The molecule has 2 atom stereocenters. The van der Waals surface area contributed by atoms with E-state index in [1.807, 2.05) is 6.92 Å². The van der Waals surface area contributed by atoms with Gasteiger partial charge in [0.25, 0.3) is 0 Å². The van der Waals surface area contributed by atoms with Crippen molar-refractivity contribution >= 4 is 5.91 Å². The Labute approximate surface area is 117 Å². The van der Waals surface area contributed by atoms with E-state index >= 15 is 0 Å². The Morgan fingerprint density at radius 1 is 1.53 bits per heavy atom. The van der Waals surface area contributed by atoms with Crippen LogP contribution in [0.4, 0.5) is 0 Å². The molecule has 2 unspecified atom stereocenters. The lowest BCUT2D eigenvalue weighted by atomic mass is 10.1. The molecule has 0 bridgehead atoms. The van der Waals surface area contributed by atoms with Gasteiger partial charge in [-0.3, -0.25) is 9.69 Å². The van der Waals surface area contributed by atoms with Gasteiger partial charge in [0.2, 0.25) is 5.91 Å². The number of rotatable bonds is 7. The first kappa shape index (κ1) is 16.0. The van der Waals surface area contributed by atoms with Crippen LogP contribution < -0.4 is 10.6 Å². The highest BCUT2D eigenvalue weighted by molar-refractivity contribution is 5.81. The Morgan fingerprint density at radius 2 is 2.26 bits per heavy atom. The molecule has 1 amide bonds. The lowest BCUT2D eigenvalue weighted by Gasteiger charge is -2.31. The van der Waals surface area contributed by atoms with Gasteiger partial charge in [-0.15, -0.1) is 6.42 Å². The fourth-order valence-corrected chi connectivity index (χ4v) is 2.51. The van der Waals surface area contributed by atoms with Crippen molar-refractivity contribution in [2.75, 3.05) is 26.2 Å². The lowest BCUT2D eigenvalue weighted by molar-refractivity contribution is -0.125. The second kappa shape index (κ2) is 8.19. The van der Waals surface area contributed by atoms with Gasteiger partial charge in [0.1, 0.15) is 0 Å². The average Bonchev–Trinajstić information content (AvgIpc) is 2.86. The van der Waals surface area contributed by atoms with Crippen molar-refractivity contribution in [1.82, 2.24) is 15.5 Å². The molecule has 2 N–H and O–H groups in total. The fourth-order valence-electron chi connectivity index (χ4n) is 2.51. The molecule has 108 valence electrons. The molecule has 0 aromatic carbocycles. The molecule has 0 aromatic heterocycles. The van der Waals surface area contributed by atoms with Gasteiger partial charge in [-0.2, -0.15) is 0 Å². The van der Waals surface area contributed by atoms with Gasteiger partial charge in [-0.05, 0) is 32.2 Å². The van der Waals surface area contributed by atoms with E-state index in [-0.39, 0.29) is 11.9 Å². The summed E-state index contributed by atoms with van der Waals surface area (Å²) in [5.41, 5.74) is 0. The molecular formula is C15H27N3O. The molecule has 1 fully saturated rings. The van der Waals surface area contributed by atoms with Crippen LogP contribution in [-0.2, 0) is 4.79 Å². The molecule has 1 rings (SSSR count). The number of hydrogen-bond donors (Lipinski definition) is 2. The summed E-state index contributed by atoms with van der Waals surface area (Å²) in [4.78, 5) is 14.3. The normalized spacial score (nSPS) is 20.5. The predicted octanol–water partition coefficient (Wildman–Crippen LogP) is 0.834. The van der Waals surface area contributed by atoms with Gasteiger partial charge in [0.05, 0.1) is 12.6 Å². The minimum Gasteiger partial charge on any atom is -0.344 e. The van der Waals surface area contributed by atoms with Crippen molar-refractivity contribution in [3.63, 3.8) is 0 Å². The Hall–Kier alpha value is -1.05. The molecule has 19 heavy (non-hydrogen) atoms. The molecule has 1 saturated heterocycles. The number of hydrogen-bond acceptors (Lipinski definition) is 3. The third-order valence-corrected chi connectivity index (χ3v) is 3.51. The van der Waals surface area contributed by atoms with E-state index in [2.05, 4.69) is 35.3 Å². The zero-order chi connectivity index (χ0) is 14.3. The average molecular weight is 265 g/mol. The topological polar surface area (TPSA) is 44.4 Å². The number of carbonyl (C=O) groups is 1. The maximum atomic E-state index is 12.0. The number of nitrogens with one attached hydrogen (secondary N) is 2. The van der Waals surface area contributed by atoms with Crippen molar-refractivity contribution in [3.05, 3.63) is 0 Å². The zero-order valence-corrected chi connectivity index (χ0v) is 12.4. The number of amides is 1. The monoisotopic (exact) mass is 265 g/mol. The molecule has 4 nitrogen and oxygen atoms in total. The Bertz CT molecular complexity index is 316. The third kappa shape index (κ3) is 5.63. The van der Waals surface area contributed by atoms with Gasteiger partial charge in [-0.25, -0.2) is 0 Å². The third-order valence-electron chi connectivity index (χ3n) is 3.51. The van der Waals surface area contributed by atoms with E-state index in [4.69, 9.17) is 6.42 Å². The van der Waals surface area contributed by atoms with Gasteiger partial charge >= 0.3 is 0 Å². The fraction of sp³-hybridized carbons (Fsp3) is 0.800. The minimum atomic E-state index is -0.127. The molecule has 0 saturated carbocycles. The molecule has 0 aromatic rings. The van der Waals surface area contributed by atoms with Gasteiger partial charge in [0.15, 0.2) is 0 Å². The highest BCUT2D eigenvalue weighted by Gasteiger charge is 2.25. The van der Waals surface area contributed by atoms with Gasteiger partial charge < -0.3 is 10.6 Å². The summed E-state index contributed by atoms with van der Waals surface area (Å²) in [7, 11) is 0. The highest BCUT2D eigenvalue weighted by Crippen LogP contribution is 2.11. The summed E-state index contributed by atoms with van der Waals surface area (Å²) in [6, 6.07) is 0.389. The maximum Gasteiger partial charge on any atom is 0.237 e. The van der Waals surface area contributed by atoms with E-state index in [0.29, 0.717) is 18.5 Å². The first-order valence-electron chi connectivity index (χ1n) is 7.23. The summed E-state index contributed by atoms with van der Waals surface area (Å²) >= 11 is 0. The van der Waals surface area contributed by atoms with Crippen LogP contribution in [0.1, 0.15) is 33.6 Å². The van der Waals surface area contributed by atoms with Crippen molar-refractivity contribution in [2.24, 2.45) is 5.92 Å². The van der Waals surface area contributed by atoms with Crippen molar-refractivity contribution in [1.29, 1.82) is 0 Å². The van der Waals surface area contributed by atoms with Crippen molar-refractivity contribution in [3.8, 4) is 12.3 Å². The largest absolute Gasteiger partial charge is 0.344 e. The van der Waals surface area contributed by atoms with Crippen LogP contribution >= 0.6 is 0 Å². The Morgan fingerprint density at radius 3 is 2.79 bits per heavy atom. The SMILES string of the molecule is C#CCNC(=O)C(C)N(CC(C)C)CC1CCCN1. The zero-order valence-electron chi connectivity index (χ0n) is 12.4. The lowest BCUT2D eigenvalue weighted by Crippen LogP contribution is -2.50. The Kier molecular flexibility index (Phi) is 6.90. The number of terminal acetylenes is 1. The summed E-state index contributed by atoms with van der Waals surface area (Å²) in [6.45, 7) is 9.59. The quantitative estimate of drug-likeness (QED) is 0.670. The van der Waals surface area contributed by atoms with Gasteiger partial charge in [-0.1, -0.05) is 19.8 Å². The van der Waals surface area contributed by atoms with Crippen LogP contribution in [0.5, 0.6) is 0 Å². The minimum absolute atomic E-state index is 0.0246. The van der Waals surface area contributed by atoms with Crippen LogP contribution in [0.25, 0.3) is 0 Å². The number of carbonyl (C=O) groups excluding carboxylic acids is 1. The molecule has 0 radical (unpaired) electrons. The van der Waals surface area contributed by atoms with E-state index < -0.39 is 0 Å². The van der Waals surface area contributed by atoms with Crippen molar-refractivity contribution in [2.45, 2.75) is 45.7 Å². The van der Waals surface area contributed by atoms with Gasteiger partial charge in [0, 0.05) is 19.1 Å². The summed E-state index contributed by atoms with van der Waals surface area (Å²) in [6.07, 6.45) is 7.61. The smallest absolute Gasteiger partial charge is 0.237 e. The number of nitrogens with zero attached hydrogens (tertiary/aromatic N) is 1. The first-order valence-corrected chi connectivity index (χ1v) is 7.23.